The number of nitrogen functional groups attached to an aromatic ring is 1. The zero-order chi connectivity index (χ0) is 32.9. The number of nitrogens with two attached hydrogens (primary N) is 1. The summed E-state index contributed by atoms with van der Waals surface area (Å²) in [5.74, 6) is -3.29. The number of anilines is 1. The van der Waals surface area contributed by atoms with Crippen molar-refractivity contribution in [2.45, 2.75) is 66.7 Å². The summed E-state index contributed by atoms with van der Waals surface area (Å²) in [7, 11) is 1.25. The molecule has 0 radical (unpaired) electrons. The van der Waals surface area contributed by atoms with Crippen molar-refractivity contribution in [1.29, 1.82) is 0 Å². The van der Waals surface area contributed by atoms with Crippen LogP contribution in [-0.4, -0.2) is 44.9 Å². The number of rotatable bonds is 6. The lowest BCUT2D eigenvalue weighted by Gasteiger charge is -2.12. The van der Waals surface area contributed by atoms with E-state index in [4.69, 9.17) is 20.4 Å². The van der Waals surface area contributed by atoms with Crippen LogP contribution in [0.25, 0.3) is 39.4 Å². The molecule has 0 aromatic carbocycles. The van der Waals surface area contributed by atoms with Gasteiger partial charge >= 0.3 is 11.9 Å². The van der Waals surface area contributed by atoms with Crippen molar-refractivity contribution in [1.82, 2.24) is 15.0 Å². The minimum absolute atomic E-state index is 0.146. The van der Waals surface area contributed by atoms with Crippen molar-refractivity contribution >= 4 is 62.8 Å². The van der Waals surface area contributed by atoms with Gasteiger partial charge in [-0.25, -0.2) is 9.97 Å². The molecule has 9 heteroatoms. The highest BCUT2D eigenvalue weighted by Crippen LogP contribution is 2.45. The summed E-state index contributed by atoms with van der Waals surface area (Å²) in [6.07, 6.45) is 2.47. The van der Waals surface area contributed by atoms with Crippen LogP contribution in [0.1, 0.15) is 107 Å². The van der Waals surface area contributed by atoms with Crippen molar-refractivity contribution in [2.24, 2.45) is 0 Å². The van der Waals surface area contributed by atoms with Gasteiger partial charge in [-0.15, -0.1) is 0 Å². The maximum atomic E-state index is 14.0. The van der Waals surface area contributed by atoms with Gasteiger partial charge in [-0.1, -0.05) is 19.6 Å². The second kappa shape index (κ2) is 11.8. The number of carbonyl (C=O) groups excluding carboxylic acids is 2. The third-order valence-electron chi connectivity index (χ3n) is 9.17. The highest BCUT2D eigenvalue weighted by Gasteiger charge is 2.43. The van der Waals surface area contributed by atoms with Crippen LogP contribution >= 0.6 is 0 Å². The molecule has 0 fully saturated rings. The van der Waals surface area contributed by atoms with Crippen molar-refractivity contribution in [3.63, 3.8) is 0 Å². The number of aliphatic carboxylic acids is 1. The van der Waals surface area contributed by atoms with Crippen molar-refractivity contribution < 1.29 is 24.2 Å². The Bertz CT molecular complexity index is 1980. The van der Waals surface area contributed by atoms with E-state index in [-0.39, 0.29) is 18.6 Å². The molecule has 0 saturated carbocycles. The molecule has 1 unspecified atom stereocenters. The van der Waals surface area contributed by atoms with Gasteiger partial charge in [0.25, 0.3) is 0 Å². The number of Topliss-reactive ketones (excluding diaryl/α,β-unsaturated/α-hetero) is 1. The van der Waals surface area contributed by atoms with E-state index in [2.05, 4.69) is 18.5 Å². The number of hydrogen-bond acceptors (Lipinski definition) is 7. The second-order valence-electron chi connectivity index (χ2n) is 11.6. The average Bonchev–Trinajstić information content (AvgIpc) is 3.67. The lowest BCUT2D eigenvalue weighted by Crippen LogP contribution is -2.20. The van der Waals surface area contributed by atoms with Crippen LogP contribution in [0, 0.1) is 20.8 Å². The van der Waals surface area contributed by atoms with Gasteiger partial charge < -0.3 is 20.6 Å². The topological polar surface area (TPSA) is 148 Å². The summed E-state index contributed by atoms with van der Waals surface area (Å²) < 4.78 is 5.12. The third-order valence-corrected chi connectivity index (χ3v) is 9.17. The molecular formula is C36H38N4O5. The lowest BCUT2D eigenvalue weighted by molar-refractivity contribution is -0.141. The Balaban J connectivity index is 2.05. The first-order chi connectivity index (χ1) is 21.3. The molecule has 2 aromatic heterocycles. The Labute approximate surface area is 262 Å². The fourth-order valence-corrected chi connectivity index (χ4v) is 6.50. The van der Waals surface area contributed by atoms with Crippen molar-refractivity contribution in [3.8, 4) is 0 Å². The fraction of sp³-hybridized carbons (Fsp3) is 0.306. The monoisotopic (exact) mass is 606 g/mol. The predicted octanol–water partition coefficient (Wildman–Crippen LogP) is 7.14. The first-order valence-electron chi connectivity index (χ1n) is 14.9. The number of aryl methyl sites for hydroxylation is 2. The number of fused-ring (bicyclic) bond motifs is 6. The van der Waals surface area contributed by atoms with Crippen molar-refractivity contribution in [3.05, 3.63) is 80.9 Å². The zero-order valence-electron chi connectivity index (χ0n) is 26.8. The predicted molar refractivity (Wildman–Crippen MR) is 178 cm³/mol. The normalized spacial score (nSPS) is 15.4. The highest BCUT2D eigenvalue weighted by molar-refractivity contribution is 6.24. The molecule has 2 aliphatic heterocycles. The first-order valence-corrected chi connectivity index (χ1v) is 14.9. The van der Waals surface area contributed by atoms with Crippen LogP contribution in [-0.2, 0) is 14.3 Å². The van der Waals surface area contributed by atoms with Gasteiger partial charge in [0.05, 0.1) is 35.4 Å². The second-order valence-corrected chi connectivity index (χ2v) is 11.6. The molecule has 4 heterocycles. The Hall–Kier alpha value is -5.05. The molecule has 6 bridgehead atoms. The number of carbonyl (C=O) groups is 3. The number of esters is 1. The number of allylic oxidation sites excluding steroid dienone is 4. The maximum Gasteiger partial charge on any atom is 0.321 e. The minimum atomic E-state index is -1.24. The van der Waals surface area contributed by atoms with Gasteiger partial charge in [-0.2, -0.15) is 0 Å². The van der Waals surface area contributed by atoms with Crippen molar-refractivity contribution in [2.75, 3.05) is 12.8 Å². The summed E-state index contributed by atoms with van der Waals surface area (Å²) >= 11 is 0. The van der Waals surface area contributed by atoms with Crippen LogP contribution in [0.3, 0.4) is 0 Å². The van der Waals surface area contributed by atoms with E-state index >= 15 is 0 Å². The van der Waals surface area contributed by atoms with E-state index in [0.717, 1.165) is 51.2 Å². The van der Waals surface area contributed by atoms with Gasteiger partial charge in [0, 0.05) is 34.3 Å². The highest BCUT2D eigenvalue weighted by atomic mass is 16.5. The van der Waals surface area contributed by atoms with Crippen LogP contribution in [0.15, 0.2) is 24.8 Å². The zero-order valence-corrected chi connectivity index (χ0v) is 26.8. The fourth-order valence-electron chi connectivity index (χ4n) is 6.50. The molecule has 9 nitrogen and oxygen atoms in total. The first kappa shape index (κ1) is 31.4. The van der Waals surface area contributed by atoms with Gasteiger partial charge in [0.15, 0.2) is 5.78 Å². The summed E-state index contributed by atoms with van der Waals surface area (Å²) in [5, 5.41) is 9.58. The molecule has 3 aliphatic rings. The minimum Gasteiger partial charge on any atom is -0.481 e. The number of aromatic amines is 1. The van der Waals surface area contributed by atoms with E-state index in [0.29, 0.717) is 50.4 Å². The van der Waals surface area contributed by atoms with Crippen LogP contribution in [0.5, 0.6) is 0 Å². The van der Waals surface area contributed by atoms with Gasteiger partial charge in [-0.3, -0.25) is 14.4 Å². The number of carboxylic acid groups (broad SMARTS) is 1. The quantitative estimate of drug-likeness (QED) is 0.232. The SMILES string of the molecule is C=Cc1c(N)cc2nc(cc3[nH]c4c(c3C)C(=O)C(C(=O)OC)c4c3nc(cc(C)c1C)C(C)=C3CCC(=O)O)C(CC)=C2C. The molecule has 232 valence electrons. The van der Waals surface area contributed by atoms with Gasteiger partial charge in [0.2, 0.25) is 0 Å². The number of hydrogen-bond donors (Lipinski definition) is 3. The molecule has 5 rings (SSSR count). The van der Waals surface area contributed by atoms with E-state index in [1.54, 1.807) is 6.08 Å². The van der Waals surface area contributed by atoms with E-state index in [1.807, 2.05) is 52.8 Å². The van der Waals surface area contributed by atoms with E-state index < -0.39 is 17.9 Å². The number of aromatic nitrogens is 3. The largest absolute Gasteiger partial charge is 0.481 e. The van der Waals surface area contributed by atoms with Crippen LogP contribution < -0.4 is 5.73 Å². The number of ketones is 1. The summed E-state index contributed by atoms with van der Waals surface area (Å²) in [5.41, 5.74) is 18.3. The standard InChI is InChI=1S/C36H38N4O5/c1-9-21-17(4)16(3)13-25-19(6)23(11-12-29(41)42)33(39-25)31-32(36(44)45-8)35(43)30-20(7)27(40-34(30)31)15-28-22(10-2)18(5)26(38-28)14-24(21)37/h9,13-15,32,40H,1,10-12,37H2,2-8H3,(H,41,42). The maximum absolute atomic E-state index is 14.0. The molecule has 0 saturated heterocycles. The Morgan fingerprint density at radius 2 is 1.69 bits per heavy atom. The molecule has 2 aromatic rings. The number of carboxylic acids is 1. The molecule has 45 heavy (non-hydrogen) atoms. The van der Waals surface area contributed by atoms with E-state index in [1.165, 1.54) is 7.11 Å². The van der Waals surface area contributed by atoms with Gasteiger partial charge in [-0.05, 0) is 105 Å². The Morgan fingerprint density at radius 1 is 1.02 bits per heavy atom. The molecular weight excluding hydrogens is 568 g/mol. The number of ether oxygens (including phenoxy) is 1. The Morgan fingerprint density at radius 3 is 2.31 bits per heavy atom. The summed E-state index contributed by atoms with van der Waals surface area (Å²) in [6, 6.07) is 5.70. The molecule has 4 N–H and O–H groups in total. The van der Waals surface area contributed by atoms with Crippen LogP contribution in [0.4, 0.5) is 5.69 Å². The smallest absolute Gasteiger partial charge is 0.321 e. The molecule has 1 atom stereocenters. The number of nitrogens with one attached hydrogen (secondary N) is 1. The summed E-state index contributed by atoms with van der Waals surface area (Å²) in [6.45, 7) is 15.7. The van der Waals surface area contributed by atoms with Gasteiger partial charge in [0.1, 0.15) is 5.92 Å². The number of nitrogens with zero attached hydrogens (tertiary/aromatic N) is 2. The number of methoxy groups -OCH3 is 1. The number of H-pyrrole nitrogens is 1. The summed E-state index contributed by atoms with van der Waals surface area (Å²) in [4.78, 5) is 52.3. The Kier molecular flexibility index (Phi) is 8.23. The lowest BCUT2D eigenvalue weighted by atomic mass is 9.92. The third kappa shape index (κ3) is 5.12. The molecule has 0 amide bonds. The van der Waals surface area contributed by atoms with E-state index in [9.17, 15) is 19.5 Å². The van der Waals surface area contributed by atoms with Crippen LogP contribution in [0.2, 0.25) is 0 Å². The average molecular weight is 607 g/mol. The molecule has 0 spiro atoms. The molecule has 1 aliphatic carbocycles.